The molecule has 1 saturated heterocycles. The quantitative estimate of drug-likeness (QED) is 0.432. The van der Waals surface area contributed by atoms with Crippen molar-refractivity contribution in [2.45, 2.75) is 71.9 Å². The Morgan fingerprint density at radius 2 is 2.03 bits per heavy atom. The molecule has 0 aliphatic carbocycles. The van der Waals surface area contributed by atoms with Crippen molar-refractivity contribution in [3.05, 3.63) is 46.4 Å². The largest absolute Gasteiger partial charge is 0.366 e. The number of nitrogens with zero attached hydrogens (tertiary/aromatic N) is 2. The molecule has 0 saturated carbocycles. The number of fused-ring (bicyclic) bond motifs is 1. The Labute approximate surface area is 179 Å². The number of benzene rings is 1. The molecule has 2 heterocycles. The van der Waals surface area contributed by atoms with Crippen LogP contribution in [0, 0.1) is 6.92 Å². The number of aryl methyl sites for hydroxylation is 1. The Bertz CT molecular complexity index is 887. The van der Waals surface area contributed by atoms with Crippen molar-refractivity contribution in [3.63, 3.8) is 0 Å². The van der Waals surface area contributed by atoms with Crippen LogP contribution in [0.1, 0.15) is 70.1 Å². The minimum absolute atomic E-state index is 0.125. The van der Waals surface area contributed by atoms with Gasteiger partial charge in [-0.15, -0.1) is 6.58 Å². The predicted octanol–water partition coefficient (Wildman–Crippen LogP) is 6.11. The number of carbonyl (C=O) groups is 2. The fraction of sp³-hybridized carbons (Fsp3) is 0.500. The molecule has 2 aliphatic rings. The van der Waals surface area contributed by atoms with Crippen molar-refractivity contribution in [2.24, 2.45) is 0 Å². The molecule has 156 valence electrons. The van der Waals surface area contributed by atoms with Crippen LogP contribution in [-0.4, -0.2) is 34.2 Å². The van der Waals surface area contributed by atoms with Crippen LogP contribution in [-0.2, 0) is 4.79 Å². The number of carbonyl (C=O) groups excluding carboxylic acids is 2. The van der Waals surface area contributed by atoms with Crippen LogP contribution in [0.3, 0.4) is 0 Å². The minimum atomic E-state index is -0.303. The molecule has 0 spiro atoms. The molecule has 1 fully saturated rings. The molecule has 4 nitrogen and oxygen atoms in total. The fourth-order valence-corrected chi connectivity index (χ4v) is 5.44. The lowest BCUT2D eigenvalue weighted by molar-refractivity contribution is -0.123. The van der Waals surface area contributed by atoms with Gasteiger partial charge in [-0.1, -0.05) is 19.9 Å². The minimum Gasteiger partial charge on any atom is -0.366 e. The maximum Gasteiger partial charge on any atom is 0.294 e. The molecule has 1 aromatic rings. The molecule has 2 atom stereocenters. The Morgan fingerprint density at radius 1 is 1.34 bits per heavy atom. The second-order valence-electron chi connectivity index (χ2n) is 8.86. The van der Waals surface area contributed by atoms with Crippen molar-refractivity contribution in [2.75, 3.05) is 11.4 Å². The van der Waals surface area contributed by atoms with Crippen molar-refractivity contribution in [3.8, 4) is 0 Å². The van der Waals surface area contributed by atoms with Gasteiger partial charge in [0.1, 0.15) is 0 Å². The van der Waals surface area contributed by atoms with E-state index in [1.165, 1.54) is 16.2 Å². The summed E-state index contributed by atoms with van der Waals surface area (Å²) in [5.41, 5.74) is 4.90. The van der Waals surface area contributed by atoms with Crippen LogP contribution in [0.15, 0.2) is 29.7 Å². The summed E-state index contributed by atoms with van der Waals surface area (Å²) in [5, 5.41) is -0.228. The van der Waals surface area contributed by atoms with Crippen LogP contribution in [0.4, 0.5) is 10.5 Å². The van der Waals surface area contributed by atoms with Crippen LogP contribution in [0.25, 0.3) is 6.08 Å². The number of imide groups is 1. The molecule has 0 N–H and O–H groups in total. The zero-order chi connectivity index (χ0) is 21.5. The summed E-state index contributed by atoms with van der Waals surface area (Å²) in [6, 6.07) is 4.17. The van der Waals surface area contributed by atoms with E-state index in [0.717, 1.165) is 42.3 Å². The molecule has 3 rings (SSSR count). The zero-order valence-corrected chi connectivity index (χ0v) is 19.2. The van der Waals surface area contributed by atoms with Crippen molar-refractivity contribution in [1.29, 1.82) is 0 Å². The third-order valence-corrected chi connectivity index (χ3v) is 6.96. The lowest BCUT2D eigenvalue weighted by Gasteiger charge is -2.48. The number of rotatable bonds is 5. The topological polar surface area (TPSA) is 40.6 Å². The van der Waals surface area contributed by atoms with Crippen LogP contribution >= 0.6 is 11.8 Å². The molecule has 0 aromatic heterocycles. The predicted molar refractivity (Wildman–Crippen MR) is 123 cm³/mol. The molecule has 0 radical (unpaired) electrons. The van der Waals surface area contributed by atoms with E-state index in [1.807, 2.05) is 13.0 Å². The molecule has 1 aromatic carbocycles. The van der Waals surface area contributed by atoms with Gasteiger partial charge in [0.2, 0.25) is 0 Å². The van der Waals surface area contributed by atoms with Gasteiger partial charge < -0.3 is 4.90 Å². The molecule has 2 amide bonds. The summed E-state index contributed by atoms with van der Waals surface area (Å²) in [5.74, 6) is 0.211. The van der Waals surface area contributed by atoms with E-state index >= 15 is 0 Å². The lowest BCUT2D eigenvalue weighted by atomic mass is 9.79. The highest BCUT2D eigenvalue weighted by molar-refractivity contribution is 8.18. The van der Waals surface area contributed by atoms with Gasteiger partial charge in [0.05, 0.1) is 10.9 Å². The van der Waals surface area contributed by atoms with Crippen molar-refractivity contribution < 1.29 is 9.59 Å². The SMILES string of the molecule is C=CC(C)N1C(=O)S/C(=C/c2cc3c(cc2C)N(CCC)C(C)(C)CC3C)C1=O. The van der Waals surface area contributed by atoms with Gasteiger partial charge in [-0.25, -0.2) is 0 Å². The molecule has 29 heavy (non-hydrogen) atoms. The zero-order valence-electron chi connectivity index (χ0n) is 18.4. The molecule has 2 unspecified atom stereocenters. The van der Waals surface area contributed by atoms with Gasteiger partial charge in [-0.2, -0.15) is 0 Å². The van der Waals surface area contributed by atoms with Gasteiger partial charge in [-0.3, -0.25) is 14.5 Å². The Kier molecular flexibility index (Phi) is 6.00. The normalized spacial score (nSPS) is 23.5. The fourth-order valence-electron chi connectivity index (χ4n) is 4.53. The van der Waals surface area contributed by atoms with Gasteiger partial charge in [0, 0.05) is 17.8 Å². The Hall–Kier alpha value is -2.01. The maximum atomic E-state index is 12.8. The van der Waals surface area contributed by atoms with E-state index in [2.05, 4.69) is 58.2 Å². The summed E-state index contributed by atoms with van der Waals surface area (Å²) in [4.78, 5) is 29.4. The third-order valence-electron chi connectivity index (χ3n) is 6.08. The lowest BCUT2D eigenvalue weighted by Crippen LogP contribution is -2.48. The molecule has 0 bridgehead atoms. The summed E-state index contributed by atoms with van der Waals surface area (Å²) in [6.07, 6.45) is 5.70. The smallest absolute Gasteiger partial charge is 0.294 e. The molecular weight excluding hydrogens is 380 g/mol. The molecule has 2 aliphatic heterocycles. The van der Waals surface area contributed by atoms with Crippen molar-refractivity contribution in [1.82, 2.24) is 4.90 Å². The Morgan fingerprint density at radius 3 is 2.66 bits per heavy atom. The first-order chi connectivity index (χ1) is 13.6. The van der Waals surface area contributed by atoms with E-state index in [4.69, 9.17) is 0 Å². The number of hydrogen-bond acceptors (Lipinski definition) is 4. The molecule has 5 heteroatoms. The standard InChI is InChI=1S/C24H32N2O2S/c1-8-10-25-20-11-15(3)18(12-19(20)16(4)14-24(25,6)7)13-21-22(27)26(17(5)9-2)23(28)29-21/h9,11-13,16-17H,2,8,10,14H2,1,3-7H3/b21-13+. The van der Waals surface area contributed by atoms with Crippen molar-refractivity contribution >= 4 is 34.7 Å². The number of hydrogen-bond donors (Lipinski definition) is 0. The Balaban J connectivity index is 2.03. The van der Waals surface area contributed by atoms with E-state index in [0.29, 0.717) is 10.8 Å². The summed E-state index contributed by atoms with van der Waals surface area (Å²) in [6.45, 7) is 17.8. The highest BCUT2D eigenvalue weighted by atomic mass is 32.2. The van der Waals surface area contributed by atoms with Crippen LogP contribution in [0.2, 0.25) is 0 Å². The molecular formula is C24H32N2O2S. The average molecular weight is 413 g/mol. The monoisotopic (exact) mass is 412 g/mol. The second-order valence-corrected chi connectivity index (χ2v) is 9.86. The number of thioether (sulfide) groups is 1. The van der Waals surface area contributed by atoms with Gasteiger partial charge >= 0.3 is 0 Å². The van der Waals surface area contributed by atoms with Crippen LogP contribution in [0.5, 0.6) is 0 Å². The number of amides is 2. The van der Waals surface area contributed by atoms with Gasteiger partial charge in [-0.05, 0) is 93.1 Å². The van der Waals surface area contributed by atoms with E-state index in [-0.39, 0.29) is 22.7 Å². The maximum absolute atomic E-state index is 12.8. The highest BCUT2D eigenvalue weighted by Crippen LogP contribution is 2.45. The number of anilines is 1. The summed E-state index contributed by atoms with van der Waals surface area (Å²) in [7, 11) is 0. The first-order valence-electron chi connectivity index (χ1n) is 10.4. The first-order valence-corrected chi connectivity index (χ1v) is 11.2. The summed E-state index contributed by atoms with van der Waals surface area (Å²) < 4.78 is 0. The first kappa shape index (κ1) is 21.7. The second kappa shape index (κ2) is 8.02. The van der Waals surface area contributed by atoms with E-state index in [1.54, 1.807) is 6.08 Å². The van der Waals surface area contributed by atoms with Crippen LogP contribution < -0.4 is 4.90 Å². The van der Waals surface area contributed by atoms with E-state index in [9.17, 15) is 9.59 Å². The summed E-state index contributed by atoms with van der Waals surface area (Å²) >= 11 is 1.02. The third kappa shape index (κ3) is 3.89. The van der Waals surface area contributed by atoms with Gasteiger partial charge in [0.25, 0.3) is 11.1 Å². The van der Waals surface area contributed by atoms with Gasteiger partial charge in [0.15, 0.2) is 0 Å². The highest BCUT2D eigenvalue weighted by Gasteiger charge is 2.38. The average Bonchev–Trinajstić information content (AvgIpc) is 2.92. The van der Waals surface area contributed by atoms with E-state index < -0.39 is 0 Å².